The van der Waals surface area contributed by atoms with Crippen LogP contribution in [0.15, 0.2) is 30.6 Å². The Morgan fingerprint density at radius 1 is 1.20 bits per heavy atom. The molecule has 2 aliphatic rings. The van der Waals surface area contributed by atoms with Crippen LogP contribution in [-0.4, -0.2) is 75.0 Å². The average molecular weight is 587 g/mol. The fraction of sp³-hybridized carbons (Fsp3) is 0.464. The van der Waals surface area contributed by atoms with Crippen LogP contribution in [0.1, 0.15) is 53.5 Å². The number of benzene rings is 1. The summed E-state index contributed by atoms with van der Waals surface area (Å²) in [6.45, 7) is 5.17. The van der Waals surface area contributed by atoms with Crippen LogP contribution >= 0.6 is 11.3 Å². The van der Waals surface area contributed by atoms with Gasteiger partial charge in [0.05, 0.1) is 18.1 Å². The molecule has 218 valence electrons. The summed E-state index contributed by atoms with van der Waals surface area (Å²) < 4.78 is 32.4. The molecule has 1 atom stereocenters. The van der Waals surface area contributed by atoms with Gasteiger partial charge in [0, 0.05) is 49.0 Å². The number of likely N-dealkylation sites (tertiary alicyclic amines) is 1. The number of hydrogen-bond donors (Lipinski definition) is 2. The van der Waals surface area contributed by atoms with Gasteiger partial charge >= 0.3 is 5.97 Å². The number of ether oxygens (including phenoxy) is 1. The number of aliphatic carboxylic acids is 1. The zero-order valence-corrected chi connectivity index (χ0v) is 23.7. The molecule has 2 fully saturated rings. The highest BCUT2D eigenvalue weighted by Crippen LogP contribution is 2.36. The van der Waals surface area contributed by atoms with E-state index in [9.17, 15) is 18.4 Å². The lowest BCUT2D eigenvalue weighted by Gasteiger charge is -2.34. The van der Waals surface area contributed by atoms with E-state index >= 15 is 0 Å². The molecule has 0 spiro atoms. The predicted octanol–water partition coefficient (Wildman–Crippen LogP) is 4.84. The van der Waals surface area contributed by atoms with Crippen LogP contribution in [0.5, 0.6) is 5.75 Å². The molecule has 0 bridgehead atoms. The van der Waals surface area contributed by atoms with Gasteiger partial charge < -0.3 is 14.7 Å². The zero-order chi connectivity index (χ0) is 29.1. The fourth-order valence-electron chi connectivity index (χ4n) is 5.25. The Balaban J connectivity index is 1.33. The summed E-state index contributed by atoms with van der Waals surface area (Å²) in [5.74, 6) is -1.08. The first-order chi connectivity index (χ1) is 19.6. The molecule has 4 heterocycles. The van der Waals surface area contributed by atoms with Crippen molar-refractivity contribution < 1.29 is 28.2 Å². The number of rotatable bonds is 9. The van der Waals surface area contributed by atoms with Gasteiger partial charge in [-0.1, -0.05) is 11.3 Å². The largest absolute Gasteiger partial charge is 0.479 e. The third-order valence-electron chi connectivity index (χ3n) is 7.63. The molecule has 41 heavy (non-hydrogen) atoms. The molecule has 2 aromatic heterocycles. The molecule has 5 rings (SSSR count). The number of aromatic nitrogens is 3. The van der Waals surface area contributed by atoms with E-state index in [0.29, 0.717) is 35.0 Å². The van der Waals surface area contributed by atoms with Gasteiger partial charge in [0.2, 0.25) is 12.5 Å². The molecule has 0 saturated carbocycles. The van der Waals surface area contributed by atoms with Gasteiger partial charge in [-0.3, -0.25) is 15.0 Å². The number of carboxylic acid groups (broad SMARTS) is 1. The van der Waals surface area contributed by atoms with Crippen molar-refractivity contribution in [2.24, 2.45) is 0 Å². The predicted molar refractivity (Wildman–Crippen MR) is 151 cm³/mol. The van der Waals surface area contributed by atoms with Crippen molar-refractivity contribution in [2.75, 3.05) is 36.7 Å². The molecular formula is C28H32F2N6O4S. The van der Waals surface area contributed by atoms with Crippen molar-refractivity contribution in [1.82, 2.24) is 19.9 Å². The molecule has 0 aliphatic carbocycles. The minimum Gasteiger partial charge on any atom is -0.479 e. The molecule has 2 aliphatic heterocycles. The molecular weight excluding hydrogens is 554 g/mol. The molecule has 1 aromatic carbocycles. The maximum absolute atomic E-state index is 14.4. The van der Waals surface area contributed by atoms with E-state index in [2.05, 4.69) is 27.1 Å². The Morgan fingerprint density at radius 3 is 2.61 bits per heavy atom. The molecule has 1 amide bonds. The molecule has 3 aromatic rings. The molecule has 13 heteroatoms. The number of aryl methyl sites for hydroxylation is 1. The summed E-state index contributed by atoms with van der Waals surface area (Å²) in [4.78, 5) is 42.6. The third-order valence-corrected chi connectivity index (χ3v) is 8.59. The van der Waals surface area contributed by atoms with Crippen LogP contribution in [0.3, 0.4) is 0 Å². The maximum Gasteiger partial charge on any atom is 0.341 e. The van der Waals surface area contributed by atoms with Crippen LogP contribution in [0.2, 0.25) is 0 Å². The van der Waals surface area contributed by atoms with Crippen molar-refractivity contribution in [2.45, 2.75) is 57.8 Å². The highest BCUT2D eigenvalue weighted by molar-refractivity contribution is 7.16. The van der Waals surface area contributed by atoms with Gasteiger partial charge in [-0.05, 0) is 57.0 Å². The third kappa shape index (κ3) is 6.46. The first kappa shape index (κ1) is 28.8. The number of carboxylic acids is 1. The number of halogens is 2. The van der Waals surface area contributed by atoms with E-state index in [1.165, 1.54) is 23.7 Å². The van der Waals surface area contributed by atoms with E-state index in [-0.39, 0.29) is 31.6 Å². The summed E-state index contributed by atoms with van der Waals surface area (Å²) in [5, 5.41) is 12.3. The number of nitrogens with zero attached hydrogens (tertiary/aromatic N) is 5. The smallest absolute Gasteiger partial charge is 0.341 e. The van der Waals surface area contributed by atoms with Crippen LogP contribution in [0.25, 0.3) is 11.3 Å². The van der Waals surface area contributed by atoms with E-state index < -0.39 is 24.4 Å². The van der Waals surface area contributed by atoms with Crippen molar-refractivity contribution in [1.29, 1.82) is 0 Å². The molecule has 10 nitrogen and oxygen atoms in total. The lowest BCUT2D eigenvalue weighted by atomic mass is 9.93. The summed E-state index contributed by atoms with van der Waals surface area (Å²) in [5.41, 5.74) is 0.222. The maximum atomic E-state index is 14.4. The quantitative estimate of drug-likeness (QED) is 0.363. The molecule has 0 radical (unpaired) electrons. The van der Waals surface area contributed by atoms with Crippen LogP contribution in [-0.2, 0) is 11.3 Å². The van der Waals surface area contributed by atoms with Gasteiger partial charge in [-0.25, -0.2) is 28.5 Å². The summed E-state index contributed by atoms with van der Waals surface area (Å²) >= 11 is 1.38. The Kier molecular flexibility index (Phi) is 8.45. The number of amides is 1. The second-order valence-corrected chi connectivity index (χ2v) is 11.6. The van der Waals surface area contributed by atoms with E-state index in [0.717, 1.165) is 35.4 Å². The highest BCUT2D eigenvalue weighted by atomic mass is 32.1. The first-order valence-corrected chi connectivity index (χ1v) is 14.3. The zero-order valence-electron chi connectivity index (χ0n) is 22.9. The van der Waals surface area contributed by atoms with Crippen molar-refractivity contribution in [3.63, 3.8) is 0 Å². The second kappa shape index (κ2) is 12.0. The van der Waals surface area contributed by atoms with Crippen molar-refractivity contribution in [3.8, 4) is 17.0 Å². The molecule has 2 N–H and O–H groups in total. The lowest BCUT2D eigenvalue weighted by Crippen LogP contribution is -2.46. The summed E-state index contributed by atoms with van der Waals surface area (Å²) in [7, 11) is 0. The van der Waals surface area contributed by atoms with Crippen LogP contribution in [0.4, 0.5) is 19.7 Å². The monoisotopic (exact) mass is 586 g/mol. The number of thiazole rings is 1. The average Bonchev–Trinajstić information content (AvgIpc) is 3.54. The fourth-order valence-corrected chi connectivity index (χ4v) is 6.25. The van der Waals surface area contributed by atoms with Crippen molar-refractivity contribution >= 4 is 34.2 Å². The molecule has 2 saturated heterocycles. The Morgan fingerprint density at radius 2 is 1.98 bits per heavy atom. The second-order valence-electron chi connectivity index (χ2n) is 10.5. The van der Waals surface area contributed by atoms with Gasteiger partial charge in [0.1, 0.15) is 17.3 Å². The van der Waals surface area contributed by atoms with Crippen LogP contribution < -0.4 is 15.0 Å². The number of carbonyl (C=O) groups is 2. The minimum atomic E-state index is -2.23. The lowest BCUT2D eigenvalue weighted by molar-refractivity contribution is -0.152. The number of piperidine rings is 1. The van der Waals surface area contributed by atoms with Gasteiger partial charge in [0.25, 0.3) is 5.91 Å². The molecule has 0 unspecified atom stereocenters. The number of nitrogens with one attached hydrogen (secondary N) is 1. The van der Waals surface area contributed by atoms with E-state index in [1.54, 1.807) is 17.0 Å². The Hall–Kier alpha value is -3.71. The number of hydrogen-bond acceptors (Lipinski definition) is 9. The van der Waals surface area contributed by atoms with Crippen molar-refractivity contribution in [3.05, 3.63) is 46.7 Å². The van der Waals surface area contributed by atoms with Crippen LogP contribution in [0, 0.1) is 6.92 Å². The standard InChI is InChI=1S/C28H32F2N6O4S/c1-17-10-19(12-20(11-17)40-16-29)24-22(15-36-7-3-4-18(36)2)41-27(33-24)34-25(37)21-13-32-23(14-31-21)35-8-5-28(30,6-9-35)26(38)39/h10-14,18H,3-9,15-16H2,1-2H3,(H,38,39)(H,33,34,37)/t18-/m1/s1. The van der Waals surface area contributed by atoms with E-state index in [1.807, 2.05) is 13.0 Å². The van der Waals surface area contributed by atoms with Gasteiger partial charge in [-0.2, -0.15) is 0 Å². The first-order valence-electron chi connectivity index (χ1n) is 13.5. The number of carbonyl (C=O) groups excluding carboxylic acids is 1. The Bertz CT molecular complexity index is 1410. The van der Waals surface area contributed by atoms with E-state index in [4.69, 9.17) is 14.8 Å². The highest BCUT2D eigenvalue weighted by Gasteiger charge is 2.42. The minimum absolute atomic E-state index is 0.0804. The normalized spacial score (nSPS) is 18.8. The SMILES string of the molecule is Cc1cc(OCF)cc(-c2nc(NC(=O)c3cnc(N4CCC(F)(C(=O)O)CC4)cn3)sc2CN2CCC[C@H]2C)c1. The summed E-state index contributed by atoms with van der Waals surface area (Å²) in [6.07, 6.45) is 4.70. The number of alkyl halides is 2. The topological polar surface area (TPSA) is 121 Å². The van der Waals surface area contributed by atoms with Gasteiger partial charge in [0.15, 0.2) is 5.13 Å². The summed E-state index contributed by atoms with van der Waals surface area (Å²) in [6, 6.07) is 5.90. The number of anilines is 2. The Labute approximate surface area is 240 Å². The van der Waals surface area contributed by atoms with Gasteiger partial charge in [-0.15, -0.1) is 0 Å².